The van der Waals surface area contributed by atoms with Gasteiger partial charge in [-0.1, -0.05) is 13.8 Å². The highest BCUT2D eigenvalue weighted by Gasteiger charge is 2.29. The second kappa shape index (κ2) is 5.35. The van der Waals surface area contributed by atoms with E-state index in [1.165, 1.54) is 0 Å². The number of carbonyl (C=O) groups is 2. The molecule has 1 aliphatic heterocycles. The predicted molar refractivity (Wildman–Crippen MR) is 61.6 cm³/mol. The quantitative estimate of drug-likeness (QED) is 0.664. The normalized spacial score (nSPS) is 20.8. The number of aliphatic hydroxyl groups is 1. The molecule has 1 heterocycles. The Balaban J connectivity index is 2.40. The first-order chi connectivity index (χ1) is 7.82. The van der Waals surface area contributed by atoms with Crippen LogP contribution in [0.25, 0.3) is 0 Å². The number of nitrogens with zero attached hydrogens (tertiary/aromatic N) is 1. The summed E-state index contributed by atoms with van der Waals surface area (Å²) >= 11 is 0. The Morgan fingerprint density at radius 3 is 2.65 bits per heavy atom. The van der Waals surface area contributed by atoms with Crippen molar-refractivity contribution in [2.75, 3.05) is 19.6 Å². The highest BCUT2D eigenvalue weighted by atomic mass is 16.4. The zero-order valence-corrected chi connectivity index (χ0v) is 10.3. The molecule has 3 N–H and O–H groups in total. The molecular weight excluding hydrogens is 224 g/mol. The minimum atomic E-state index is -1.54. The maximum Gasteiger partial charge on any atom is 0.334 e. The number of aliphatic hydroxyl groups excluding tert-OH is 1. The van der Waals surface area contributed by atoms with Gasteiger partial charge in [-0.05, 0) is 18.3 Å². The van der Waals surface area contributed by atoms with Crippen LogP contribution >= 0.6 is 0 Å². The van der Waals surface area contributed by atoms with Gasteiger partial charge in [0.2, 0.25) is 0 Å². The van der Waals surface area contributed by atoms with Gasteiger partial charge >= 0.3 is 12.0 Å². The molecule has 1 atom stereocenters. The highest BCUT2D eigenvalue weighted by Crippen LogP contribution is 2.28. The Kier molecular flexibility index (Phi) is 4.34. The fraction of sp³-hybridized carbons (Fsp3) is 0.818. The predicted octanol–water partition coefficient (Wildman–Crippen LogP) is 0.263. The maximum absolute atomic E-state index is 11.7. The second-order valence-electron chi connectivity index (χ2n) is 5.23. The van der Waals surface area contributed by atoms with Crippen molar-refractivity contribution in [3.63, 3.8) is 0 Å². The third-order valence-electron chi connectivity index (χ3n) is 2.92. The van der Waals surface area contributed by atoms with Crippen LogP contribution in [-0.2, 0) is 4.79 Å². The van der Waals surface area contributed by atoms with E-state index >= 15 is 0 Å². The molecule has 6 heteroatoms. The summed E-state index contributed by atoms with van der Waals surface area (Å²) in [5.74, 6) is -1.33. The van der Waals surface area contributed by atoms with Gasteiger partial charge in [-0.3, -0.25) is 0 Å². The van der Waals surface area contributed by atoms with Gasteiger partial charge in [-0.2, -0.15) is 0 Å². The van der Waals surface area contributed by atoms with Crippen LogP contribution in [0, 0.1) is 5.41 Å². The Labute approximate surface area is 101 Å². The number of urea groups is 1. The molecule has 0 aromatic heterocycles. The number of likely N-dealkylation sites (tertiary alicyclic amines) is 1. The lowest BCUT2D eigenvalue weighted by molar-refractivity contribution is -0.146. The second-order valence-corrected chi connectivity index (χ2v) is 5.23. The van der Waals surface area contributed by atoms with Crippen molar-refractivity contribution in [2.24, 2.45) is 5.41 Å². The van der Waals surface area contributed by atoms with Crippen LogP contribution in [0.3, 0.4) is 0 Å². The average molecular weight is 244 g/mol. The van der Waals surface area contributed by atoms with E-state index in [-0.39, 0.29) is 18.0 Å². The highest BCUT2D eigenvalue weighted by molar-refractivity contribution is 5.76. The van der Waals surface area contributed by atoms with Crippen LogP contribution in [-0.4, -0.2) is 52.9 Å². The smallest absolute Gasteiger partial charge is 0.334 e. The first-order valence-electron chi connectivity index (χ1n) is 5.75. The van der Waals surface area contributed by atoms with Crippen molar-refractivity contribution in [3.05, 3.63) is 0 Å². The molecule has 98 valence electrons. The van der Waals surface area contributed by atoms with Crippen LogP contribution < -0.4 is 5.32 Å². The lowest BCUT2D eigenvalue weighted by Crippen LogP contribution is -2.50. The van der Waals surface area contributed by atoms with Gasteiger partial charge in [0.25, 0.3) is 0 Å². The van der Waals surface area contributed by atoms with Crippen molar-refractivity contribution in [1.82, 2.24) is 10.2 Å². The number of amides is 2. The van der Waals surface area contributed by atoms with Gasteiger partial charge in [-0.15, -0.1) is 0 Å². The van der Waals surface area contributed by atoms with E-state index in [1.807, 2.05) is 0 Å². The molecule has 6 nitrogen and oxygen atoms in total. The Bertz CT molecular complexity index is 304. The number of aliphatic carboxylic acids is 1. The van der Waals surface area contributed by atoms with Crippen molar-refractivity contribution in [2.45, 2.75) is 32.8 Å². The molecule has 0 saturated carbocycles. The zero-order valence-electron chi connectivity index (χ0n) is 10.3. The third-order valence-corrected chi connectivity index (χ3v) is 2.92. The number of carbonyl (C=O) groups excluding carboxylic acids is 1. The number of nitrogens with one attached hydrogen (secondary N) is 1. The lowest BCUT2D eigenvalue weighted by Gasteiger charge is -2.38. The molecule has 0 bridgehead atoms. The number of piperidine rings is 1. The topological polar surface area (TPSA) is 89.9 Å². The van der Waals surface area contributed by atoms with Crippen molar-refractivity contribution in [3.8, 4) is 0 Å². The van der Waals surface area contributed by atoms with Gasteiger partial charge < -0.3 is 20.4 Å². The summed E-state index contributed by atoms with van der Waals surface area (Å²) in [5, 5.41) is 19.9. The molecule has 0 spiro atoms. The van der Waals surface area contributed by atoms with Crippen molar-refractivity contribution < 1.29 is 19.8 Å². The van der Waals surface area contributed by atoms with E-state index in [9.17, 15) is 9.59 Å². The van der Waals surface area contributed by atoms with E-state index in [0.29, 0.717) is 13.1 Å². The van der Waals surface area contributed by atoms with E-state index < -0.39 is 12.1 Å². The fourth-order valence-electron chi connectivity index (χ4n) is 1.98. The Hall–Kier alpha value is -1.30. The number of hydrogen-bond donors (Lipinski definition) is 3. The summed E-state index contributed by atoms with van der Waals surface area (Å²) in [6.45, 7) is 5.27. The minimum absolute atomic E-state index is 0.0982. The molecule has 2 amide bonds. The monoisotopic (exact) mass is 244 g/mol. The van der Waals surface area contributed by atoms with Gasteiger partial charge in [-0.25, -0.2) is 9.59 Å². The molecular formula is C11H20N2O4. The van der Waals surface area contributed by atoms with Gasteiger partial charge in [0.05, 0.1) is 6.54 Å². The molecule has 17 heavy (non-hydrogen) atoms. The van der Waals surface area contributed by atoms with E-state index in [4.69, 9.17) is 10.2 Å². The number of hydrogen-bond acceptors (Lipinski definition) is 3. The molecule has 0 aromatic carbocycles. The van der Waals surface area contributed by atoms with E-state index in [1.54, 1.807) is 4.90 Å². The largest absolute Gasteiger partial charge is 0.479 e. The van der Waals surface area contributed by atoms with Gasteiger partial charge in [0, 0.05) is 13.1 Å². The molecule has 1 fully saturated rings. The fourth-order valence-corrected chi connectivity index (χ4v) is 1.98. The summed E-state index contributed by atoms with van der Waals surface area (Å²) < 4.78 is 0. The van der Waals surface area contributed by atoms with Crippen LogP contribution in [0.4, 0.5) is 4.79 Å². The molecule has 1 rings (SSSR count). The van der Waals surface area contributed by atoms with Crippen LogP contribution in [0.5, 0.6) is 0 Å². The zero-order chi connectivity index (χ0) is 13.1. The summed E-state index contributed by atoms with van der Waals surface area (Å²) in [5.41, 5.74) is 0.0982. The first kappa shape index (κ1) is 13.8. The van der Waals surface area contributed by atoms with Crippen LogP contribution in [0.2, 0.25) is 0 Å². The number of carboxylic acid groups (broad SMARTS) is 1. The van der Waals surface area contributed by atoms with Crippen molar-refractivity contribution >= 4 is 12.0 Å². The maximum atomic E-state index is 11.7. The molecule has 1 saturated heterocycles. The summed E-state index contributed by atoms with van der Waals surface area (Å²) in [6.07, 6.45) is 0.480. The van der Waals surface area contributed by atoms with E-state index in [2.05, 4.69) is 19.2 Å². The van der Waals surface area contributed by atoms with Crippen LogP contribution in [0.15, 0.2) is 0 Å². The summed E-state index contributed by atoms with van der Waals surface area (Å²) in [7, 11) is 0. The van der Waals surface area contributed by atoms with E-state index in [0.717, 1.165) is 12.8 Å². The van der Waals surface area contributed by atoms with Gasteiger partial charge in [0.15, 0.2) is 6.10 Å². The molecule has 0 unspecified atom stereocenters. The molecule has 0 aliphatic carbocycles. The average Bonchev–Trinajstić information content (AvgIpc) is 2.23. The summed E-state index contributed by atoms with van der Waals surface area (Å²) in [4.78, 5) is 23.8. The van der Waals surface area contributed by atoms with Crippen molar-refractivity contribution in [1.29, 1.82) is 0 Å². The first-order valence-corrected chi connectivity index (χ1v) is 5.75. The minimum Gasteiger partial charge on any atom is -0.479 e. The molecule has 0 radical (unpaired) electrons. The Morgan fingerprint density at radius 1 is 1.47 bits per heavy atom. The lowest BCUT2D eigenvalue weighted by atomic mass is 9.84. The number of rotatable bonds is 3. The van der Waals surface area contributed by atoms with Gasteiger partial charge in [0.1, 0.15) is 0 Å². The van der Waals surface area contributed by atoms with Crippen LogP contribution in [0.1, 0.15) is 26.7 Å². The SMILES string of the molecule is CC1(C)CCCN(C(=O)NC[C@H](O)C(=O)O)C1. The number of carboxylic acids is 1. The third kappa shape index (κ3) is 4.22. The standard InChI is InChI=1S/C11H20N2O4/c1-11(2)4-3-5-13(7-11)10(17)12-6-8(14)9(15)16/h8,14H,3-7H2,1-2H3,(H,12,17)(H,15,16)/t8-/m0/s1. The molecule has 0 aromatic rings. The summed E-state index contributed by atoms with van der Waals surface area (Å²) in [6, 6.07) is -0.307. The Morgan fingerprint density at radius 2 is 2.12 bits per heavy atom. The molecule has 1 aliphatic rings.